The predicted molar refractivity (Wildman–Crippen MR) is 38.1 cm³/mol. The number of carboxylic acids is 3. The normalized spacial score (nSPS) is 12.0. The Morgan fingerprint density at radius 2 is 1.27 bits per heavy atom. The molecule has 0 fully saturated rings. The van der Waals surface area contributed by atoms with E-state index in [0.29, 0.717) is 6.92 Å². The van der Waals surface area contributed by atoms with E-state index < -0.39 is 30.0 Å². The molecule has 6 nitrogen and oxygen atoms in total. The number of rotatable bonds is 1. The van der Waals surface area contributed by atoms with Gasteiger partial charge in [-0.2, -0.15) is 13.2 Å². The number of carbonyl (C=O) groups is 3. The van der Waals surface area contributed by atoms with Gasteiger partial charge in [0.1, 0.15) is 5.92 Å². The summed E-state index contributed by atoms with van der Waals surface area (Å²) in [5.41, 5.74) is 0. The van der Waals surface area contributed by atoms with Crippen molar-refractivity contribution in [1.29, 1.82) is 0 Å². The Balaban J connectivity index is 0. The van der Waals surface area contributed by atoms with E-state index in [2.05, 4.69) is 0 Å². The molecule has 0 spiro atoms. The Kier molecular flexibility index (Phi) is 6.09. The summed E-state index contributed by atoms with van der Waals surface area (Å²) in [5.74, 6) is -7.76. The molecule has 0 aliphatic carbocycles. The first-order chi connectivity index (χ1) is 6.50. The summed E-state index contributed by atoms with van der Waals surface area (Å²) in [7, 11) is 0. The standard InChI is InChI=1S/C4H5F3O2.C2H2O4/c1-2(3(8)9)4(5,6)7;3-1(4)2(5)6/h2H,1H3,(H,8,9);(H,3,4)(H,5,6). The average molecular weight is 232 g/mol. The summed E-state index contributed by atoms with van der Waals surface area (Å²) >= 11 is 0. The van der Waals surface area contributed by atoms with Crippen LogP contribution in [0.25, 0.3) is 0 Å². The zero-order chi connectivity index (χ0) is 12.8. The SMILES string of the molecule is CC(C(=O)O)C(F)(F)F.O=C(O)C(=O)O. The van der Waals surface area contributed by atoms with Crippen molar-refractivity contribution in [3.05, 3.63) is 0 Å². The molecule has 1 unspecified atom stereocenters. The van der Waals surface area contributed by atoms with Crippen molar-refractivity contribution >= 4 is 17.9 Å². The molecule has 9 heteroatoms. The fraction of sp³-hybridized carbons (Fsp3) is 0.500. The van der Waals surface area contributed by atoms with Crippen LogP contribution in [-0.4, -0.2) is 39.4 Å². The Morgan fingerprint density at radius 1 is 1.00 bits per heavy atom. The van der Waals surface area contributed by atoms with E-state index in [4.69, 9.17) is 24.9 Å². The molecule has 1 atom stereocenters. The van der Waals surface area contributed by atoms with Crippen molar-refractivity contribution in [3.8, 4) is 0 Å². The minimum Gasteiger partial charge on any atom is -0.481 e. The van der Waals surface area contributed by atoms with Gasteiger partial charge >= 0.3 is 24.1 Å². The van der Waals surface area contributed by atoms with E-state index in [1.54, 1.807) is 0 Å². The summed E-state index contributed by atoms with van der Waals surface area (Å²) in [6.07, 6.45) is -4.62. The van der Waals surface area contributed by atoms with E-state index in [0.717, 1.165) is 0 Å². The zero-order valence-electron chi connectivity index (χ0n) is 7.28. The summed E-state index contributed by atoms with van der Waals surface area (Å²) in [6.45, 7) is 0.600. The minimum absolute atomic E-state index is 0.600. The van der Waals surface area contributed by atoms with Crippen LogP contribution in [0.15, 0.2) is 0 Å². The van der Waals surface area contributed by atoms with E-state index in [1.807, 2.05) is 0 Å². The van der Waals surface area contributed by atoms with Crippen molar-refractivity contribution in [1.82, 2.24) is 0 Å². The minimum atomic E-state index is -4.62. The highest BCUT2D eigenvalue weighted by atomic mass is 19.4. The van der Waals surface area contributed by atoms with Gasteiger partial charge in [-0.05, 0) is 6.92 Å². The Morgan fingerprint density at radius 3 is 1.27 bits per heavy atom. The first-order valence-electron chi connectivity index (χ1n) is 3.25. The lowest BCUT2D eigenvalue weighted by molar-refractivity contribution is -0.189. The van der Waals surface area contributed by atoms with Crippen LogP contribution in [0, 0.1) is 5.92 Å². The van der Waals surface area contributed by atoms with Crippen LogP contribution < -0.4 is 0 Å². The number of hydrogen-bond acceptors (Lipinski definition) is 3. The van der Waals surface area contributed by atoms with Crippen LogP contribution in [0.1, 0.15) is 6.92 Å². The molecule has 0 aromatic carbocycles. The molecule has 0 bridgehead atoms. The number of aliphatic carboxylic acids is 3. The fourth-order valence-corrected chi connectivity index (χ4v) is 0.140. The smallest absolute Gasteiger partial charge is 0.414 e. The van der Waals surface area contributed by atoms with Crippen molar-refractivity contribution in [2.24, 2.45) is 5.92 Å². The second kappa shape index (κ2) is 5.83. The molecule has 88 valence electrons. The topological polar surface area (TPSA) is 112 Å². The Labute approximate surface area is 80.9 Å². The lowest BCUT2D eigenvalue weighted by atomic mass is 10.2. The molecule has 3 N–H and O–H groups in total. The predicted octanol–water partition coefficient (Wildman–Crippen LogP) is 0.425. The van der Waals surface area contributed by atoms with Gasteiger partial charge in [0.25, 0.3) is 0 Å². The maximum Gasteiger partial charge on any atom is 0.414 e. The third kappa shape index (κ3) is 8.53. The molecule has 0 radical (unpaired) electrons. The van der Waals surface area contributed by atoms with Crippen LogP contribution in [0.2, 0.25) is 0 Å². The summed E-state index contributed by atoms with van der Waals surface area (Å²) in [5, 5.41) is 22.6. The van der Waals surface area contributed by atoms with Gasteiger partial charge in [0.15, 0.2) is 0 Å². The lowest BCUT2D eigenvalue weighted by Gasteiger charge is -2.09. The van der Waals surface area contributed by atoms with Crippen LogP contribution >= 0.6 is 0 Å². The molecule has 0 heterocycles. The largest absolute Gasteiger partial charge is 0.481 e. The number of hydrogen-bond donors (Lipinski definition) is 3. The van der Waals surface area contributed by atoms with Crippen molar-refractivity contribution in [2.45, 2.75) is 13.1 Å². The van der Waals surface area contributed by atoms with Gasteiger partial charge in [-0.15, -0.1) is 0 Å². The van der Waals surface area contributed by atoms with Crippen LogP contribution in [0.4, 0.5) is 13.2 Å². The Hall–Kier alpha value is -1.80. The van der Waals surface area contributed by atoms with E-state index >= 15 is 0 Å². The number of carboxylic acid groups (broad SMARTS) is 3. The third-order valence-electron chi connectivity index (χ3n) is 1.04. The highest BCUT2D eigenvalue weighted by Crippen LogP contribution is 2.25. The molecule has 15 heavy (non-hydrogen) atoms. The van der Waals surface area contributed by atoms with Gasteiger partial charge in [-0.3, -0.25) is 4.79 Å². The van der Waals surface area contributed by atoms with Gasteiger partial charge in [0, 0.05) is 0 Å². The molecular formula is C6H7F3O6. The van der Waals surface area contributed by atoms with Gasteiger partial charge in [-0.1, -0.05) is 0 Å². The number of alkyl halides is 3. The maximum absolute atomic E-state index is 11.3. The molecule has 0 aliphatic heterocycles. The summed E-state index contributed by atoms with van der Waals surface area (Å²) in [6, 6.07) is 0. The van der Waals surface area contributed by atoms with Gasteiger partial charge in [0.2, 0.25) is 0 Å². The van der Waals surface area contributed by atoms with Gasteiger partial charge in [0.05, 0.1) is 0 Å². The number of halogens is 3. The van der Waals surface area contributed by atoms with Crippen molar-refractivity contribution in [3.63, 3.8) is 0 Å². The van der Waals surface area contributed by atoms with Gasteiger partial charge < -0.3 is 15.3 Å². The first-order valence-corrected chi connectivity index (χ1v) is 3.25. The van der Waals surface area contributed by atoms with E-state index in [-0.39, 0.29) is 0 Å². The lowest BCUT2D eigenvalue weighted by Crippen LogP contribution is -2.27. The fourth-order valence-electron chi connectivity index (χ4n) is 0.140. The Bertz CT molecular complexity index is 246. The molecule has 0 aromatic heterocycles. The third-order valence-corrected chi connectivity index (χ3v) is 1.04. The van der Waals surface area contributed by atoms with Crippen molar-refractivity contribution < 1.29 is 42.9 Å². The molecule has 0 aliphatic rings. The quantitative estimate of drug-likeness (QED) is 0.565. The second-order valence-electron chi connectivity index (χ2n) is 2.21. The zero-order valence-corrected chi connectivity index (χ0v) is 7.28. The highest BCUT2D eigenvalue weighted by Gasteiger charge is 2.41. The maximum atomic E-state index is 11.3. The molecule has 0 saturated heterocycles. The molecule has 0 amide bonds. The van der Waals surface area contributed by atoms with E-state index in [9.17, 15) is 18.0 Å². The molecule has 0 saturated carbocycles. The first kappa shape index (κ1) is 15.7. The van der Waals surface area contributed by atoms with Crippen LogP contribution in [0.5, 0.6) is 0 Å². The second-order valence-corrected chi connectivity index (χ2v) is 2.21. The molecule has 0 aromatic rings. The summed E-state index contributed by atoms with van der Waals surface area (Å²) in [4.78, 5) is 27.8. The average Bonchev–Trinajstić information content (AvgIpc) is 2.02. The van der Waals surface area contributed by atoms with Crippen LogP contribution in [-0.2, 0) is 14.4 Å². The van der Waals surface area contributed by atoms with Crippen LogP contribution in [0.3, 0.4) is 0 Å². The van der Waals surface area contributed by atoms with E-state index in [1.165, 1.54) is 0 Å². The van der Waals surface area contributed by atoms with Gasteiger partial charge in [-0.25, -0.2) is 9.59 Å². The van der Waals surface area contributed by atoms with Crippen molar-refractivity contribution in [2.75, 3.05) is 0 Å². The molecular weight excluding hydrogens is 225 g/mol. The monoisotopic (exact) mass is 232 g/mol. The molecule has 0 rings (SSSR count). The summed E-state index contributed by atoms with van der Waals surface area (Å²) < 4.78 is 34.0. The highest BCUT2D eigenvalue weighted by molar-refractivity contribution is 6.27.